The van der Waals surface area contributed by atoms with Crippen molar-refractivity contribution in [1.29, 1.82) is 0 Å². The molecule has 2 heterocycles. The fourth-order valence-electron chi connectivity index (χ4n) is 3.59. The number of methoxy groups -OCH3 is 3. The Morgan fingerprint density at radius 1 is 0.969 bits per heavy atom. The first-order valence-corrected chi connectivity index (χ1v) is 11.2. The molecule has 4 rings (SSSR count). The summed E-state index contributed by atoms with van der Waals surface area (Å²) in [6.45, 7) is 2.33. The monoisotopic (exact) mass is 454 g/mol. The Balaban J connectivity index is 1.61. The Morgan fingerprint density at radius 2 is 1.72 bits per heavy atom. The summed E-state index contributed by atoms with van der Waals surface area (Å²) in [6.07, 6.45) is 0.774. The van der Waals surface area contributed by atoms with Crippen molar-refractivity contribution in [2.24, 2.45) is 0 Å². The van der Waals surface area contributed by atoms with Crippen LogP contribution in [0.4, 0.5) is 0 Å². The van der Waals surface area contributed by atoms with Crippen molar-refractivity contribution in [1.82, 2.24) is 10.2 Å². The lowest BCUT2D eigenvalue weighted by molar-refractivity contribution is 0.132. The van der Waals surface area contributed by atoms with Gasteiger partial charge in [0, 0.05) is 49.8 Å². The van der Waals surface area contributed by atoms with E-state index in [4.69, 9.17) is 23.7 Å². The summed E-state index contributed by atoms with van der Waals surface area (Å²) in [5.74, 6) is 7.52. The first-order valence-electron chi connectivity index (χ1n) is 10.3. The van der Waals surface area contributed by atoms with Crippen molar-refractivity contribution in [3.05, 3.63) is 39.6 Å². The van der Waals surface area contributed by atoms with Crippen LogP contribution in [0.5, 0.6) is 11.5 Å². The Morgan fingerprint density at radius 3 is 2.44 bits per heavy atom. The maximum Gasteiger partial charge on any atom is 0.161 e. The van der Waals surface area contributed by atoms with Crippen LogP contribution in [0.3, 0.4) is 0 Å². The van der Waals surface area contributed by atoms with Gasteiger partial charge in [0.25, 0.3) is 0 Å². The first-order chi connectivity index (χ1) is 15.7. The average Bonchev–Trinajstić information content (AvgIpc) is 3.50. The molecule has 0 saturated carbocycles. The number of aromatic nitrogens is 2. The zero-order valence-electron chi connectivity index (χ0n) is 18.4. The second kappa shape index (κ2) is 10.7. The smallest absolute Gasteiger partial charge is 0.161 e. The summed E-state index contributed by atoms with van der Waals surface area (Å²) in [7, 11) is 4.95. The van der Waals surface area contributed by atoms with Gasteiger partial charge in [-0.05, 0) is 23.8 Å². The highest BCUT2D eigenvalue weighted by Gasteiger charge is 2.27. The standard InChI is InChI=1S/C24H26N2O5S/c1-27-6-4-5-18-11-17(15-32-18)23-20-12-16-13-21(30-9-7-28-2)22(31-10-8-29-3)14-19(16)24(20)26-25-23/h11,13-15H,6-10,12H2,1-3H3,(H,25,26). The minimum atomic E-state index is 0.421. The first kappa shape index (κ1) is 22.4. The van der Waals surface area contributed by atoms with E-state index in [1.807, 2.05) is 6.07 Å². The Kier molecular flexibility index (Phi) is 7.45. The molecule has 0 fully saturated rings. The molecule has 1 aliphatic rings. The Bertz CT molecular complexity index is 1130. The summed E-state index contributed by atoms with van der Waals surface area (Å²) < 4.78 is 27.1. The molecule has 1 N–H and O–H groups in total. The second-order valence-corrected chi connectivity index (χ2v) is 8.09. The molecule has 32 heavy (non-hydrogen) atoms. The van der Waals surface area contributed by atoms with E-state index in [1.54, 1.807) is 32.7 Å². The molecule has 0 radical (unpaired) electrons. The second-order valence-electron chi connectivity index (χ2n) is 7.18. The van der Waals surface area contributed by atoms with E-state index < -0.39 is 0 Å². The number of ether oxygens (including phenoxy) is 5. The molecule has 168 valence electrons. The van der Waals surface area contributed by atoms with E-state index in [-0.39, 0.29) is 0 Å². The van der Waals surface area contributed by atoms with Gasteiger partial charge in [0.15, 0.2) is 11.5 Å². The highest BCUT2D eigenvalue weighted by Crippen LogP contribution is 2.45. The highest BCUT2D eigenvalue weighted by atomic mass is 32.1. The van der Waals surface area contributed by atoms with E-state index >= 15 is 0 Å². The van der Waals surface area contributed by atoms with Crippen molar-refractivity contribution in [2.75, 3.05) is 54.4 Å². The molecule has 0 aliphatic heterocycles. The van der Waals surface area contributed by atoms with Crippen LogP contribution in [0.15, 0.2) is 23.6 Å². The van der Waals surface area contributed by atoms with Crippen LogP contribution in [0.1, 0.15) is 16.0 Å². The lowest BCUT2D eigenvalue weighted by Crippen LogP contribution is -2.09. The predicted octanol–water partition coefficient (Wildman–Crippen LogP) is 3.76. The van der Waals surface area contributed by atoms with Gasteiger partial charge in [-0.25, -0.2) is 0 Å². The molecule has 3 aromatic rings. The molecule has 0 amide bonds. The van der Waals surface area contributed by atoms with Gasteiger partial charge in [-0.1, -0.05) is 11.8 Å². The van der Waals surface area contributed by atoms with Crippen LogP contribution in [0, 0.1) is 11.8 Å². The van der Waals surface area contributed by atoms with Crippen LogP contribution < -0.4 is 9.47 Å². The minimum Gasteiger partial charge on any atom is -0.487 e. The predicted molar refractivity (Wildman–Crippen MR) is 124 cm³/mol. The number of hydrogen-bond acceptors (Lipinski definition) is 7. The summed E-state index contributed by atoms with van der Waals surface area (Å²) in [5.41, 5.74) is 6.47. The van der Waals surface area contributed by atoms with Crippen LogP contribution in [-0.4, -0.2) is 64.6 Å². The zero-order valence-corrected chi connectivity index (χ0v) is 19.3. The SMILES string of the molecule is COCC#Cc1cc(-c2n[nH]c3c2Cc2cc(OCCOC)c(OCCOC)cc2-3)cs1. The van der Waals surface area contributed by atoms with E-state index in [0.29, 0.717) is 44.5 Å². The number of rotatable bonds is 10. The summed E-state index contributed by atoms with van der Waals surface area (Å²) in [5, 5.41) is 9.92. The highest BCUT2D eigenvalue weighted by molar-refractivity contribution is 7.11. The summed E-state index contributed by atoms with van der Waals surface area (Å²) >= 11 is 1.61. The molecule has 0 bridgehead atoms. The maximum absolute atomic E-state index is 5.94. The molecule has 0 atom stereocenters. The molecule has 0 unspecified atom stereocenters. The van der Waals surface area contributed by atoms with Crippen LogP contribution in [0.25, 0.3) is 22.5 Å². The fraction of sp³-hybridized carbons (Fsp3) is 0.375. The third-order valence-corrected chi connectivity index (χ3v) is 5.91. The molecule has 8 heteroatoms. The molecule has 1 aromatic carbocycles. The lowest BCUT2D eigenvalue weighted by Gasteiger charge is -2.14. The fourth-order valence-corrected chi connectivity index (χ4v) is 4.35. The minimum absolute atomic E-state index is 0.421. The van der Waals surface area contributed by atoms with E-state index in [9.17, 15) is 0 Å². The van der Waals surface area contributed by atoms with Gasteiger partial charge >= 0.3 is 0 Å². The Hall–Kier alpha value is -2.83. The number of hydrogen-bond donors (Lipinski definition) is 1. The number of aromatic amines is 1. The van der Waals surface area contributed by atoms with Crippen molar-refractivity contribution in [3.8, 4) is 45.9 Å². The van der Waals surface area contributed by atoms with Crippen molar-refractivity contribution >= 4 is 11.3 Å². The van der Waals surface area contributed by atoms with E-state index in [0.717, 1.165) is 33.8 Å². The molecule has 7 nitrogen and oxygen atoms in total. The zero-order chi connectivity index (χ0) is 22.3. The number of nitrogens with zero attached hydrogens (tertiary/aromatic N) is 1. The molecule has 2 aromatic heterocycles. The van der Waals surface area contributed by atoms with Gasteiger partial charge in [0.1, 0.15) is 19.8 Å². The third-order valence-electron chi connectivity index (χ3n) is 5.06. The lowest BCUT2D eigenvalue weighted by atomic mass is 10.1. The maximum atomic E-state index is 5.94. The normalized spacial score (nSPS) is 11.6. The topological polar surface area (TPSA) is 74.8 Å². The largest absolute Gasteiger partial charge is 0.487 e. The molecule has 0 spiro atoms. The van der Waals surface area contributed by atoms with Crippen molar-refractivity contribution < 1.29 is 23.7 Å². The molecule has 0 saturated heterocycles. The summed E-state index contributed by atoms with van der Waals surface area (Å²) in [6, 6.07) is 6.15. The molecular weight excluding hydrogens is 428 g/mol. The van der Waals surface area contributed by atoms with Gasteiger partial charge in [-0.15, -0.1) is 11.3 Å². The van der Waals surface area contributed by atoms with Crippen molar-refractivity contribution in [3.63, 3.8) is 0 Å². The third kappa shape index (κ3) is 4.81. The van der Waals surface area contributed by atoms with Gasteiger partial charge < -0.3 is 23.7 Å². The van der Waals surface area contributed by atoms with Gasteiger partial charge in [-0.3, -0.25) is 5.10 Å². The molecule has 1 aliphatic carbocycles. The number of H-pyrrole nitrogens is 1. The number of fused-ring (bicyclic) bond motifs is 3. The summed E-state index contributed by atoms with van der Waals surface area (Å²) in [4.78, 5) is 0.993. The number of thiophene rings is 1. The van der Waals surface area contributed by atoms with Crippen LogP contribution in [-0.2, 0) is 20.6 Å². The quantitative estimate of drug-likeness (QED) is 0.291. The number of nitrogens with one attached hydrogen (secondary N) is 1. The van der Waals surface area contributed by atoms with Gasteiger partial charge in [0.05, 0.1) is 29.5 Å². The van der Waals surface area contributed by atoms with Crippen LogP contribution in [0.2, 0.25) is 0 Å². The van der Waals surface area contributed by atoms with Gasteiger partial charge in [-0.2, -0.15) is 5.10 Å². The van der Waals surface area contributed by atoms with Crippen LogP contribution >= 0.6 is 11.3 Å². The van der Waals surface area contributed by atoms with E-state index in [2.05, 4.69) is 39.6 Å². The average molecular weight is 455 g/mol. The Labute approximate surface area is 191 Å². The van der Waals surface area contributed by atoms with E-state index in [1.165, 1.54) is 11.1 Å². The van der Waals surface area contributed by atoms with Crippen molar-refractivity contribution in [2.45, 2.75) is 6.42 Å². The van der Waals surface area contributed by atoms with Gasteiger partial charge in [0.2, 0.25) is 0 Å². The number of benzene rings is 1. The molecular formula is C24H26N2O5S.